The number of H-pyrrole nitrogens is 1. The number of nitrogens with zero attached hydrogens (tertiary/aromatic N) is 3. The molecule has 2 aromatic heterocycles. The van der Waals surface area contributed by atoms with Gasteiger partial charge in [0.05, 0.1) is 5.39 Å². The van der Waals surface area contributed by atoms with Gasteiger partial charge < -0.3 is 9.88 Å². The van der Waals surface area contributed by atoms with E-state index in [0.717, 1.165) is 42.3 Å². The van der Waals surface area contributed by atoms with E-state index in [0.29, 0.717) is 0 Å². The topological polar surface area (TPSA) is 44.8 Å². The summed E-state index contributed by atoms with van der Waals surface area (Å²) in [5, 5.41) is 2.02. The van der Waals surface area contributed by atoms with Crippen molar-refractivity contribution in [3.63, 3.8) is 0 Å². The maximum atomic E-state index is 6.14. The zero-order chi connectivity index (χ0) is 15.4. The number of hydrogen-bond acceptors (Lipinski definition) is 3. The molecule has 0 unspecified atom stereocenters. The average molecular weight is 325 g/mol. The van der Waals surface area contributed by atoms with E-state index >= 15 is 0 Å². The van der Waals surface area contributed by atoms with Gasteiger partial charge in [0, 0.05) is 22.9 Å². The molecule has 0 atom stereocenters. The lowest BCUT2D eigenvalue weighted by Gasteiger charge is -2.20. The molecule has 0 spiro atoms. The van der Waals surface area contributed by atoms with Crippen LogP contribution in [-0.4, -0.2) is 21.5 Å². The molecule has 3 heterocycles. The van der Waals surface area contributed by atoms with Crippen molar-refractivity contribution in [1.29, 1.82) is 0 Å². The van der Waals surface area contributed by atoms with Gasteiger partial charge in [-0.05, 0) is 61.4 Å². The molecular weight excluding hydrogens is 308 g/mol. The van der Waals surface area contributed by atoms with Crippen LogP contribution < -0.4 is 4.90 Å². The van der Waals surface area contributed by atoms with Crippen LogP contribution in [0.5, 0.6) is 0 Å². The van der Waals surface area contributed by atoms with Crippen LogP contribution in [0.25, 0.3) is 11.0 Å². The Bertz CT molecular complexity index is 915. The summed E-state index contributed by atoms with van der Waals surface area (Å²) in [7, 11) is 0. The van der Waals surface area contributed by atoms with Crippen LogP contribution in [0, 0.1) is 0 Å². The quantitative estimate of drug-likeness (QED) is 0.730. The normalized spacial score (nSPS) is 16.7. The Kier molecular flexibility index (Phi) is 2.89. The number of fused-ring (bicyclic) bond motifs is 4. The van der Waals surface area contributed by atoms with Crippen molar-refractivity contribution in [2.75, 3.05) is 11.4 Å². The molecule has 5 heteroatoms. The van der Waals surface area contributed by atoms with Crippen LogP contribution in [0.1, 0.15) is 29.7 Å². The molecule has 0 radical (unpaired) electrons. The third kappa shape index (κ3) is 1.98. The van der Waals surface area contributed by atoms with Crippen molar-refractivity contribution in [3.05, 3.63) is 46.4 Å². The number of aromatic amines is 1. The van der Waals surface area contributed by atoms with Gasteiger partial charge in [-0.3, -0.25) is 0 Å². The molecule has 0 saturated heterocycles. The molecule has 3 aromatic rings. The van der Waals surface area contributed by atoms with E-state index in [1.165, 1.54) is 40.7 Å². The summed E-state index contributed by atoms with van der Waals surface area (Å²) in [4.78, 5) is 15.0. The zero-order valence-corrected chi connectivity index (χ0v) is 13.5. The highest BCUT2D eigenvalue weighted by molar-refractivity contribution is 6.30. The molecule has 116 valence electrons. The van der Waals surface area contributed by atoms with Gasteiger partial charge in [-0.15, -0.1) is 0 Å². The highest BCUT2D eigenvalue weighted by Gasteiger charge is 2.26. The molecule has 0 bridgehead atoms. The average Bonchev–Trinajstić information content (AvgIpc) is 3.15. The smallest absolute Gasteiger partial charge is 0.146 e. The first-order valence-electron chi connectivity index (χ1n) is 8.21. The SMILES string of the molecule is Clc1ccc2c(c1)CCN2c1ncnc2[nH]c3c(c12)CCCC3. The number of aromatic nitrogens is 3. The van der Waals surface area contributed by atoms with E-state index in [-0.39, 0.29) is 0 Å². The Morgan fingerprint density at radius 1 is 1.09 bits per heavy atom. The highest BCUT2D eigenvalue weighted by Crippen LogP contribution is 2.40. The molecule has 0 fully saturated rings. The maximum absolute atomic E-state index is 6.14. The van der Waals surface area contributed by atoms with Gasteiger partial charge in [0.15, 0.2) is 0 Å². The van der Waals surface area contributed by atoms with Crippen LogP contribution in [0.15, 0.2) is 24.5 Å². The number of aryl methyl sites for hydroxylation is 2. The zero-order valence-electron chi connectivity index (χ0n) is 12.8. The van der Waals surface area contributed by atoms with Gasteiger partial charge in [0.25, 0.3) is 0 Å². The Morgan fingerprint density at radius 2 is 2.00 bits per heavy atom. The molecule has 1 aliphatic carbocycles. The summed E-state index contributed by atoms with van der Waals surface area (Å²) < 4.78 is 0. The van der Waals surface area contributed by atoms with Gasteiger partial charge in [-0.25, -0.2) is 9.97 Å². The van der Waals surface area contributed by atoms with E-state index in [1.54, 1.807) is 6.33 Å². The number of anilines is 2. The van der Waals surface area contributed by atoms with Gasteiger partial charge in [0.2, 0.25) is 0 Å². The molecule has 1 aliphatic heterocycles. The standard InChI is InChI=1S/C18H17ClN4/c19-12-5-6-15-11(9-12)7-8-23(15)18-16-13-3-1-2-4-14(13)22-17(16)20-10-21-18/h5-6,9-10H,1-4,7-8H2,(H,20,21,22). The van der Waals surface area contributed by atoms with Crippen molar-refractivity contribution < 1.29 is 0 Å². The first kappa shape index (κ1) is 13.4. The summed E-state index contributed by atoms with van der Waals surface area (Å²) in [6.45, 7) is 0.946. The molecule has 1 N–H and O–H groups in total. The van der Waals surface area contributed by atoms with Crippen molar-refractivity contribution >= 4 is 34.1 Å². The van der Waals surface area contributed by atoms with Gasteiger partial charge in [0.1, 0.15) is 17.8 Å². The number of nitrogens with one attached hydrogen (secondary N) is 1. The number of halogens is 1. The molecule has 0 saturated carbocycles. The largest absolute Gasteiger partial charge is 0.343 e. The van der Waals surface area contributed by atoms with Crippen LogP contribution in [0.4, 0.5) is 11.5 Å². The molecule has 5 rings (SSSR count). The molecular formula is C18H17ClN4. The fourth-order valence-corrected chi connectivity index (χ4v) is 4.20. The Labute approximate surface area is 139 Å². The second kappa shape index (κ2) is 4.96. The van der Waals surface area contributed by atoms with Crippen molar-refractivity contribution in [2.24, 2.45) is 0 Å². The molecule has 1 aromatic carbocycles. The lowest BCUT2D eigenvalue weighted by atomic mass is 9.96. The first-order chi connectivity index (χ1) is 11.3. The fourth-order valence-electron chi connectivity index (χ4n) is 4.01. The third-order valence-corrected chi connectivity index (χ3v) is 5.29. The molecule has 0 amide bonds. The Morgan fingerprint density at radius 3 is 2.96 bits per heavy atom. The van der Waals surface area contributed by atoms with Crippen molar-refractivity contribution in [1.82, 2.24) is 15.0 Å². The Hall–Kier alpha value is -2.07. The number of rotatable bonds is 1. The van der Waals surface area contributed by atoms with E-state index in [4.69, 9.17) is 11.6 Å². The number of benzene rings is 1. The summed E-state index contributed by atoms with van der Waals surface area (Å²) in [5.74, 6) is 1.04. The van der Waals surface area contributed by atoms with Gasteiger partial charge in [-0.2, -0.15) is 0 Å². The minimum absolute atomic E-state index is 0.803. The fraction of sp³-hybridized carbons (Fsp3) is 0.333. The van der Waals surface area contributed by atoms with E-state index in [9.17, 15) is 0 Å². The lowest BCUT2D eigenvalue weighted by Crippen LogP contribution is -2.15. The summed E-state index contributed by atoms with van der Waals surface area (Å²) >= 11 is 6.14. The summed E-state index contributed by atoms with van der Waals surface area (Å²) in [6, 6.07) is 6.14. The second-order valence-corrected chi connectivity index (χ2v) is 6.82. The van der Waals surface area contributed by atoms with E-state index < -0.39 is 0 Å². The second-order valence-electron chi connectivity index (χ2n) is 6.38. The van der Waals surface area contributed by atoms with Crippen LogP contribution in [-0.2, 0) is 19.3 Å². The first-order valence-corrected chi connectivity index (χ1v) is 8.59. The molecule has 4 nitrogen and oxygen atoms in total. The van der Waals surface area contributed by atoms with E-state index in [2.05, 4.69) is 32.0 Å². The van der Waals surface area contributed by atoms with Gasteiger partial charge in [-0.1, -0.05) is 11.6 Å². The monoisotopic (exact) mass is 324 g/mol. The van der Waals surface area contributed by atoms with Crippen LogP contribution in [0.3, 0.4) is 0 Å². The Balaban J connectivity index is 1.72. The van der Waals surface area contributed by atoms with Crippen LogP contribution in [0.2, 0.25) is 5.02 Å². The number of hydrogen-bond donors (Lipinski definition) is 1. The highest BCUT2D eigenvalue weighted by atomic mass is 35.5. The minimum Gasteiger partial charge on any atom is -0.343 e. The van der Waals surface area contributed by atoms with Crippen LogP contribution >= 0.6 is 11.6 Å². The molecule has 2 aliphatic rings. The van der Waals surface area contributed by atoms with Crippen molar-refractivity contribution in [3.8, 4) is 0 Å². The minimum atomic E-state index is 0.803. The summed E-state index contributed by atoms with van der Waals surface area (Å²) in [5.41, 5.74) is 6.27. The third-order valence-electron chi connectivity index (χ3n) is 5.06. The summed E-state index contributed by atoms with van der Waals surface area (Å²) in [6.07, 6.45) is 7.43. The molecule has 23 heavy (non-hydrogen) atoms. The van der Waals surface area contributed by atoms with E-state index in [1.807, 2.05) is 6.07 Å². The lowest BCUT2D eigenvalue weighted by molar-refractivity contribution is 0.679. The predicted octanol–water partition coefficient (Wildman–Crippen LogP) is 4.18. The maximum Gasteiger partial charge on any atom is 0.146 e. The predicted molar refractivity (Wildman–Crippen MR) is 92.7 cm³/mol. The van der Waals surface area contributed by atoms with Gasteiger partial charge >= 0.3 is 0 Å². The van der Waals surface area contributed by atoms with Crippen molar-refractivity contribution in [2.45, 2.75) is 32.1 Å².